The van der Waals surface area contributed by atoms with Gasteiger partial charge in [-0.05, 0) is 36.8 Å². The SMILES string of the molecule is Cc1ccc(-n2c(N)nc3c(F)cccc32)c(F)c1. The third-order valence-electron chi connectivity index (χ3n) is 3.01. The van der Waals surface area contributed by atoms with Gasteiger partial charge in [-0.2, -0.15) is 0 Å². The number of nitrogens with two attached hydrogens (primary N) is 1. The molecule has 0 aliphatic rings. The van der Waals surface area contributed by atoms with Crippen LogP contribution in [0.1, 0.15) is 5.56 Å². The van der Waals surface area contributed by atoms with Crippen molar-refractivity contribution in [1.29, 1.82) is 0 Å². The van der Waals surface area contributed by atoms with E-state index in [-0.39, 0.29) is 17.2 Å². The van der Waals surface area contributed by atoms with E-state index in [9.17, 15) is 8.78 Å². The Kier molecular flexibility index (Phi) is 2.48. The van der Waals surface area contributed by atoms with E-state index in [0.29, 0.717) is 5.52 Å². The number of imidazole rings is 1. The first-order chi connectivity index (χ1) is 9.08. The summed E-state index contributed by atoms with van der Waals surface area (Å²) in [5.41, 5.74) is 7.42. The van der Waals surface area contributed by atoms with Crippen LogP contribution in [0.15, 0.2) is 36.4 Å². The van der Waals surface area contributed by atoms with Gasteiger partial charge in [-0.3, -0.25) is 4.57 Å². The lowest BCUT2D eigenvalue weighted by atomic mass is 10.2. The molecule has 0 bridgehead atoms. The number of aromatic nitrogens is 2. The zero-order chi connectivity index (χ0) is 13.6. The molecule has 5 heteroatoms. The Bertz CT molecular complexity index is 778. The molecule has 3 aromatic rings. The molecule has 3 nitrogen and oxygen atoms in total. The molecule has 0 aliphatic heterocycles. The van der Waals surface area contributed by atoms with E-state index in [1.807, 2.05) is 0 Å². The Balaban J connectivity index is 2.36. The molecule has 0 aliphatic carbocycles. The first-order valence-corrected chi connectivity index (χ1v) is 5.77. The summed E-state index contributed by atoms with van der Waals surface area (Å²) in [5, 5.41) is 0. The predicted molar refractivity (Wildman–Crippen MR) is 70.1 cm³/mol. The van der Waals surface area contributed by atoms with Crippen LogP contribution in [0.5, 0.6) is 0 Å². The second-order valence-corrected chi connectivity index (χ2v) is 4.37. The summed E-state index contributed by atoms with van der Waals surface area (Å²) in [5.74, 6) is -0.839. The zero-order valence-corrected chi connectivity index (χ0v) is 10.2. The van der Waals surface area contributed by atoms with Gasteiger partial charge < -0.3 is 5.73 Å². The van der Waals surface area contributed by atoms with Crippen molar-refractivity contribution in [2.75, 3.05) is 5.73 Å². The van der Waals surface area contributed by atoms with Crippen molar-refractivity contribution in [2.24, 2.45) is 0 Å². The molecule has 0 radical (unpaired) electrons. The van der Waals surface area contributed by atoms with E-state index in [1.54, 1.807) is 31.2 Å². The molecule has 0 atom stereocenters. The smallest absolute Gasteiger partial charge is 0.206 e. The van der Waals surface area contributed by atoms with Gasteiger partial charge in [0.15, 0.2) is 5.82 Å². The molecular formula is C14H11F2N3. The molecule has 96 valence electrons. The first-order valence-electron chi connectivity index (χ1n) is 5.77. The van der Waals surface area contributed by atoms with Gasteiger partial charge in [-0.25, -0.2) is 13.8 Å². The van der Waals surface area contributed by atoms with Crippen molar-refractivity contribution in [3.63, 3.8) is 0 Å². The first kappa shape index (κ1) is 11.6. The Morgan fingerprint density at radius 1 is 1.11 bits per heavy atom. The number of hydrogen-bond acceptors (Lipinski definition) is 2. The maximum absolute atomic E-state index is 14.0. The number of halogens is 2. The highest BCUT2D eigenvalue weighted by molar-refractivity contribution is 5.81. The number of nitrogens with zero attached hydrogens (tertiary/aromatic N) is 2. The number of fused-ring (bicyclic) bond motifs is 1. The number of benzene rings is 2. The van der Waals surface area contributed by atoms with Gasteiger partial charge >= 0.3 is 0 Å². The van der Waals surface area contributed by atoms with Gasteiger partial charge in [0.25, 0.3) is 0 Å². The summed E-state index contributed by atoms with van der Waals surface area (Å²) >= 11 is 0. The summed E-state index contributed by atoms with van der Waals surface area (Å²) < 4.78 is 29.1. The molecule has 0 fully saturated rings. The quantitative estimate of drug-likeness (QED) is 0.729. The summed E-state index contributed by atoms with van der Waals surface area (Å²) in [4.78, 5) is 3.95. The second-order valence-electron chi connectivity index (χ2n) is 4.37. The monoisotopic (exact) mass is 259 g/mol. The molecule has 0 spiro atoms. The number of rotatable bonds is 1. The fraction of sp³-hybridized carbons (Fsp3) is 0.0714. The number of anilines is 1. The standard InChI is InChI=1S/C14H11F2N3/c1-8-5-6-11(10(16)7-8)19-12-4-2-3-9(15)13(12)18-14(19)17/h2-7H,1H3,(H2,17,18). The van der Waals surface area contributed by atoms with Gasteiger partial charge in [0.2, 0.25) is 5.95 Å². The minimum absolute atomic E-state index is 0.0582. The molecule has 1 heterocycles. The molecule has 0 unspecified atom stereocenters. The lowest BCUT2D eigenvalue weighted by Gasteiger charge is -2.08. The van der Waals surface area contributed by atoms with Gasteiger partial charge in [0.05, 0.1) is 11.2 Å². The zero-order valence-electron chi connectivity index (χ0n) is 10.2. The van der Waals surface area contributed by atoms with Crippen molar-refractivity contribution < 1.29 is 8.78 Å². The van der Waals surface area contributed by atoms with Crippen LogP contribution in [0, 0.1) is 18.6 Å². The van der Waals surface area contributed by atoms with Gasteiger partial charge in [-0.1, -0.05) is 12.1 Å². The summed E-state index contributed by atoms with van der Waals surface area (Å²) in [7, 11) is 0. The topological polar surface area (TPSA) is 43.8 Å². The summed E-state index contributed by atoms with van der Waals surface area (Å²) in [6.45, 7) is 1.79. The van der Waals surface area contributed by atoms with Gasteiger partial charge in [0, 0.05) is 0 Å². The molecule has 0 saturated carbocycles. The molecule has 0 amide bonds. The Labute approximate surface area is 108 Å². The average Bonchev–Trinajstić information content (AvgIpc) is 2.68. The minimum Gasteiger partial charge on any atom is -0.369 e. The van der Waals surface area contributed by atoms with Crippen LogP contribution < -0.4 is 5.73 Å². The highest BCUT2D eigenvalue weighted by atomic mass is 19.1. The van der Waals surface area contributed by atoms with Crippen molar-refractivity contribution >= 4 is 17.0 Å². The van der Waals surface area contributed by atoms with Crippen molar-refractivity contribution in [2.45, 2.75) is 6.92 Å². The minimum atomic E-state index is -0.476. The summed E-state index contributed by atoms with van der Waals surface area (Å²) in [6.07, 6.45) is 0. The average molecular weight is 259 g/mol. The molecule has 0 saturated heterocycles. The molecule has 1 aromatic heterocycles. The van der Waals surface area contributed by atoms with Crippen LogP contribution in [0.25, 0.3) is 16.7 Å². The van der Waals surface area contributed by atoms with E-state index in [1.165, 1.54) is 16.7 Å². The fourth-order valence-corrected chi connectivity index (χ4v) is 2.13. The summed E-state index contributed by atoms with van der Waals surface area (Å²) in [6, 6.07) is 9.27. The van der Waals surface area contributed by atoms with Crippen LogP contribution in [0.3, 0.4) is 0 Å². The molecule has 2 N–H and O–H groups in total. The highest BCUT2D eigenvalue weighted by Crippen LogP contribution is 2.26. The van der Waals surface area contributed by atoms with Crippen molar-refractivity contribution in [3.8, 4) is 5.69 Å². The van der Waals surface area contributed by atoms with Crippen LogP contribution in [0.4, 0.5) is 14.7 Å². The van der Waals surface area contributed by atoms with E-state index in [0.717, 1.165) is 5.56 Å². The third-order valence-corrected chi connectivity index (χ3v) is 3.01. The second kappa shape index (κ2) is 4.05. The van der Waals surface area contributed by atoms with E-state index < -0.39 is 11.6 Å². The normalized spacial score (nSPS) is 11.1. The maximum Gasteiger partial charge on any atom is 0.206 e. The van der Waals surface area contributed by atoms with E-state index in [2.05, 4.69) is 4.98 Å². The Morgan fingerprint density at radius 3 is 2.63 bits per heavy atom. The van der Waals surface area contributed by atoms with Crippen LogP contribution in [-0.4, -0.2) is 9.55 Å². The lowest BCUT2D eigenvalue weighted by molar-refractivity contribution is 0.618. The molecule has 19 heavy (non-hydrogen) atoms. The molecular weight excluding hydrogens is 248 g/mol. The Morgan fingerprint density at radius 2 is 1.89 bits per heavy atom. The fourth-order valence-electron chi connectivity index (χ4n) is 2.13. The van der Waals surface area contributed by atoms with Crippen molar-refractivity contribution in [1.82, 2.24) is 9.55 Å². The van der Waals surface area contributed by atoms with E-state index in [4.69, 9.17) is 5.73 Å². The van der Waals surface area contributed by atoms with Gasteiger partial charge in [-0.15, -0.1) is 0 Å². The number of hydrogen-bond donors (Lipinski definition) is 1. The van der Waals surface area contributed by atoms with Crippen molar-refractivity contribution in [3.05, 3.63) is 53.6 Å². The third kappa shape index (κ3) is 1.74. The van der Waals surface area contributed by atoms with Gasteiger partial charge in [0.1, 0.15) is 11.3 Å². The number of nitrogen functional groups attached to an aromatic ring is 1. The van der Waals surface area contributed by atoms with Crippen LogP contribution in [0.2, 0.25) is 0 Å². The lowest BCUT2D eigenvalue weighted by Crippen LogP contribution is -2.03. The maximum atomic E-state index is 14.0. The number of para-hydroxylation sites is 1. The molecule has 2 aromatic carbocycles. The Hall–Kier alpha value is -2.43. The van der Waals surface area contributed by atoms with Crippen LogP contribution in [-0.2, 0) is 0 Å². The largest absolute Gasteiger partial charge is 0.369 e. The number of aryl methyl sites for hydroxylation is 1. The highest BCUT2D eigenvalue weighted by Gasteiger charge is 2.15. The van der Waals surface area contributed by atoms with Crippen LogP contribution >= 0.6 is 0 Å². The predicted octanol–water partition coefficient (Wildman–Crippen LogP) is 3.19. The molecule has 3 rings (SSSR count). The van der Waals surface area contributed by atoms with E-state index >= 15 is 0 Å².